The average Bonchev–Trinajstić information content (AvgIpc) is 3.21. The molecule has 34 heavy (non-hydrogen) atoms. The maximum atomic E-state index is 13.6. The van der Waals surface area contributed by atoms with Gasteiger partial charge in [0.2, 0.25) is 0 Å². The second-order valence-electron chi connectivity index (χ2n) is 8.07. The van der Waals surface area contributed by atoms with Crippen LogP contribution in [0.15, 0.2) is 36.7 Å². The molecule has 3 rings (SSSR count). The van der Waals surface area contributed by atoms with Gasteiger partial charge in [0.1, 0.15) is 17.9 Å². The zero-order chi connectivity index (χ0) is 24.9. The minimum Gasteiger partial charge on any atom is -0.457 e. The number of ether oxygens (including phenoxy) is 3. The third-order valence-corrected chi connectivity index (χ3v) is 4.12. The fraction of sp³-hybridized carbons (Fsp3) is 0.381. The zero-order valence-corrected chi connectivity index (χ0v) is 18.8. The number of hydrogen-bond acceptors (Lipinski definition) is 8. The van der Waals surface area contributed by atoms with Gasteiger partial charge in [0, 0.05) is 12.3 Å². The molecule has 0 radical (unpaired) electrons. The van der Waals surface area contributed by atoms with Crippen LogP contribution in [0.4, 0.5) is 18.0 Å². The van der Waals surface area contributed by atoms with Gasteiger partial charge < -0.3 is 19.5 Å². The van der Waals surface area contributed by atoms with E-state index >= 15 is 0 Å². The number of alkyl halides is 2. The highest BCUT2D eigenvalue weighted by Gasteiger charge is 2.19. The first-order valence-corrected chi connectivity index (χ1v) is 10.1. The van der Waals surface area contributed by atoms with E-state index in [0.29, 0.717) is 11.4 Å². The highest BCUT2D eigenvalue weighted by Crippen LogP contribution is 2.23. The van der Waals surface area contributed by atoms with Gasteiger partial charge in [-0.1, -0.05) is 5.21 Å². The largest absolute Gasteiger partial charge is 0.457 e. The highest BCUT2D eigenvalue weighted by molar-refractivity contribution is 5.68. The van der Waals surface area contributed by atoms with Crippen LogP contribution in [0.1, 0.15) is 45.1 Å². The van der Waals surface area contributed by atoms with Crippen molar-refractivity contribution in [1.82, 2.24) is 30.3 Å². The molecular formula is C21H23F3N6O4. The molecule has 1 amide bonds. The van der Waals surface area contributed by atoms with Crippen LogP contribution < -0.4 is 14.8 Å². The lowest BCUT2D eigenvalue weighted by molar-refractivity contribution is -0.0521. The number of carbonyl (C=O) groups excluding carboxylic acids is 1. The predicted octanol–water partition coefficient (Wildman–Crippen LogP) is 3.96. The molecule has 3 aromatic rings. The molecule has 1 unspecified atom stereocenters. The van der Waals surface area contributed by atoms with E-state index in [1.807, 2.05) is 0 Å². The summed E-state index contributed by atoms with van der Waals surface area (Å²) >= 11 is 0. The number of amides is 1. The summed E-state index contributed by atoms with van der Waals surface area (Å²) in [5.74, 6) is -1.54. The van der Waals surface area contributed by atoms with Gasteiger partial charge in [0.05, 0.1) is 23.6 Å². The van der Waals surface area contributed by atoms with Crippen molar-refractivity contribution in [3.05, 3.63) is 53.9 Å². The van der Waals surface area contributed by atoms with Gasteiger partial charge in [-0.3, -0.25) is 0 Å². The summed E-state index contributed by atoms with van der Waals surface area (Å²) in [6.07, 6.45) is 2.36. The lowest BCUT2D eigenvalue weighted by atomic mass is 10.2. The third kappa shape index (κ3) is 7.05. The van der Waals surface area contributed by atoms with Crippen LogP contribution in [0.2, 0.25) is 0 Å². The van der Waals surface area contributed by atoms with E-state index in [0.717, 1.165) is 12.1 Å². The Bertz CT molecular complexity index is 1140. The molecule has 10 nitrogen and oxygen atoms in total. The summed E-state index contributed by atoms with van der Waals surface area (Å²) in [6, 6.07) is 4.59. The number of hydrogen-bond donors (Lipinski definition) is 1. The van der Waals surface area contributed by atoms with Crippen molar-refractivity contribution in [2.24, 2.45) is 0 Å². The number of rotatable bonds is 8. The first kappa shape index (κ1) is 24.7. The van der Waals surface area contributed by atoms with Crippen LogP contribution in [0, 0.1) is 5.82 Å². The van der Waals surface area contributed by atoms with Gasteiger partial charge in [0.25, 0.3) is 0 Å². The van der Waals surface area contributed by atoms with Crippen LogP contribution in [0.25, 0.3) is 5.69 Å². The fourth-order valence-electron chi connectivity index (χ4n) is 2.67. The molecule has 0 saturated heterocycles. The molecule has 1 N–H and O–H groups in total. The Kier molecular flexibility index (Phi) is 7.54. The fourth-order valence-corrected chi connectivity index (χ4v) is 2.67. The molecule has 2 aromatic heterocycles. The summed E-state index contributed by atoms with van der Waals surface area (Å²) < 4.78 is 54.7. The van der Waals surface area contributed by atoms with E-state index in [1.54, 1.807) is 33.8 Å². The zero-order valence-electron chi connectivity index (χ0n) is 18.8. The van der Waals surface area contributed by atoms with Crippen molar-refractivity contribution in [2.75, 3.05) is 0 Å². The maximum Gasteiger partial charge on any atom is 0.408 e. The number of nitrogens with one attached hydrogen (secondary N) is 1. The Morgan fingerprint density at radius 2 is 2.00 bits per heavy atom. The minimum absolute atomic E-state index is 0.0410. The molecule has 2 heterocycles. The van der Waals surface area contributed by atoms with Gasteiger partial charge in [0.15, 0.2) is 11.6 Å². The van der Waals surface area contributed by atoms with Gasteiger partial charge in [-0.05, 0) is 45.9 Å². The Morgan fingerprint density at radius 3 is 2.71 bits per heavy atom. The Labute approximate surface area is 193 Å². The Morgan fingerprint density at radius 1 is 1.24 bits per heavy atom. The number of benzene rings is 1. The SMILES string of the molecule is CC(NC(=O)OC(C)(C)C)c1ccnc(OCc2cn(-c3ccc(F)c(OC(F)F)c3)nn2)n1. The summed E-state index contributed by atoms with van der Waals surface area (Å²) in [4.78, 5) is 20.2. The molecule has 182 valence electrons. The second kappa shape index (κ2) is 10.4. The van der Waals surface area contributed by atoms with Crippen LogP contribution >= 0.6 is 0 Å². The van der Waals surface area contributed by atoms with Crippen molar-refractivity contribution in [3.8, 4) is 17.4 Å². The number of carbonyl (C=O) groups is 1. The van der Waals surface area contributed by atoms with Gasteiger partial charge in [-0.15, -0.1) is 5.10 Å². The van der Waals surface area contributed by atoms with E-state index in [1.165, 1.54) is 23.1 Å². The van der Waals surface area contributed by atoms with Crippen molar-refractivity contribution in [3.63, 3.8) is 0 Å². The van der Waals surface area contributed by atoms with Crippen molar-refractivity contribution < 1.29 is 32.2 Å². The highest BCUT2D eigenvalue weighted by atomic mass is 19.3. The lowest BCUT2D eigenvalue weighted by Gasteiger charge is -2.21. The Balaban J connectivity index is 1.62. The predicted molar refractivity (Wildman–Crippen MR) is 112 cm³/mol. The van der Waals surface area contributed by atoms with E-state index < -0.39 is 35.9 Å². The standard InChI is InChI=1S/C21H23F3N6O4/c1-12(26-20(31)34-21(2,3)4)16-7-8-25-19(27-16)32-11-13-10-30(29-28-13)14-5-6-15(22)17(9-14)33-18(23)24/h5-10,12,18H,11H2,1-4H3,(H,26,31). The van der Waals surface area contributed by atoms with Crippen LogP contribution in [0.5, 0.6) is 11.8 Å². The van der Waals surface area contributed by atoms with Crippen LogP contribution in [0.3, 0.4) is 0 Å². The van der Waals surface area contributed by atoms with Crippen molar-refractivity contribution in [1.29, 1.82) is 0 Å². The molecular weight excluding hydrogens is 457 g/mol. The quantitative estimate of drug-likeness (QED) is 0.516. The average molecular weight is 480 g/mol. The van der Waals surface area contributed by atoms with Crippen molar-refractivity contribution in [2.45, 2.75) is 52.6 Å². The van der Waals surface area contributed by atoms with Crippen molar-refractivity contribution >= 4 is 6.09 Å². The topological polar surface area (TPSA) is 113 Å². The van der Waals surface area contributed by atoms with Gasteiger partial charge in [-0.2, -0.15) is 13.8 Å². The molecule has 13 heteroatoms. The first-order valence-electron chi connectivity index (χ1n) is 10.1. The smallest absolute Gasteiger partial charge is 0.408 e. The minimum atomic E-state index is -3.16. The summed E-state index contributed by atoms with van der Waals surface area (Å²) in [6.45, 7) is 3.79. The molecule has 1 aromatic carbocycles. The first-order chi connectivity index (χ1) is 16.0. The molecule has 0 aliphatic heterocycles. The van der Waals surface area contributed by atoms with Crippen LogP contribution in [-0.4, -0.2) is 43.3 Å². The number of halogens is 3. The normalized spacial score (nSPS) is 12.4. The Hall–Kier alpha value is -3.90. The molecule has 0 saturated carbocycles. The lowest BCUT2D eigenvalue weighted by Crippen LogP contribution is -2.34. The number of nitrogens with zero attached hydrogens (tertiary/aromatic N) is 5. The van der Waals surface area contributed by atoms with E-state index in [9.17, 15) is 18.0 Å². The molecule has 0 bridgehead atoms. The second-order valence-corrected chi connectivity index (χ2v) is 8.07. The molecule has 0 aliphatic rings. The maximum absolute atomic E-state index is 13.6. The molecule has 1 atom stereocenters. The van der Waals surface area contributed by atoms with Gasteiger partial charge in [-0.25, -0.2) is 18.9 Å². The summed E-state index contributed by atoms with van der Waals surface area (Å²) in [5.41, 5.74) is 0.496. The monoisotopic (exact) mass is 480 g/mol. The molecule has 0 spiro atoms. The van der Waals surface area contributed by atoms with E-state index in [2.05, 4.69) is 30.3 Å². The third-order valence-electron chi connectivity index (χ3n) is 4.12. The summed E-state index contributed by atoms with van der Waals surface area (Å²) in [7, 11) is 0. The van der Waals surface area contributed by atoms with E-state index in [4.69, 9.17) is 9.47 Å². The van der Waals surface area contributed by atoms with E-state index in [-0.39, 0.29) is 18.3 Å². The van der Waals surface area contributed by atoms with Gasteiger partial charge >= 0.3 is 18.7 Å². The molecule has 0 aliphatic carbocycles. The van der Waals surface area contributed by atoms with Crippen LogP contribution in [-0.2, 0) is 11.3 Å². The molecule has 0 fully saturated rings. The number of aromatic nitrogens is 5. The summed E-state index contributed by atoms with van der Waals surface area (Å²) in [5, 5.41) is 10.5. The number of alkyl carbamates (subject to hydrolysis) is 1.